The number of imide groups is 2. The van der Waals surface area contributed by atoms with E-state index in [-0.39, 0.29) is 22.0 Å². The zero-order chi connectivity index (χ0) is 24.0. The smallest absolute Gasteiger partial charge is 0.417 e. The van der Waals surface area contributed by atoms with Crippen LogP contribution in [0.3, 0.4) is 0 Å². The molecule has 2 heterocycles. The summed E-state index contributed by atoms with van der Waals surface area (Å²) in [6.07, 6.45) is -4.05. The standard InChI is InChI=1S/C19H14ClF3N4O5/c1-26-16(30)13(17(31)27(2)18(26)32)15(29)25-11-4-3-8(5-12(11)28)14-10(20)6-9(7-24-14)19(21,22)23/h3-7,13,28H,1-2H3,(H,25,29). The van der Waals surface area contributed by atoms with E-state index in [0.717, 1.165) is 20.2 Å². The maximum atomic E-state index is 12.8. The van der Waals surface area contributed by atoms with Gasteiger partial charge in [0.1, 0.15) is 5.75 Å². The average molecular weight is 471 g/mol. The molecule has 1 saturated heterocycles. The van der Waals surface area contributed by atoms with Gasteiger partial charge in [0.2, 0.25) is 5.91 Å². The van der Waals surface area contributed by atoms with Gasteiger partial charge in [0.15, 0.2) is 5.92 Å². The Morgan fingerprint density at radius 2 is 1.72 bits per heavy atom. The van der Waals surface area contributed by atoms with Crippen LogP contribution in [0.25, 0.3) is 11.3 Å². The third-order valence-electron chi connectivity index (χ3n) is 4.69. The molecule has 0 saturated carbocycles. The van der Waals surface area contributed by atoms with E-state index < -0.39 is 47.2 Å². The number of barbiturate groups is 1. The molecule has 1 aromatic heterocycles. The lowest BCUT2D eigenvalue weighted by molar-refractivity contribution is -0.151. The van der Waals surface area contributed by atoms with E-state index in [1.54, 1.807) is 0 Å². The number of carbonyl (C=O) groups excluding carboxylic acids is 4. The molecule has 168 valence electrons. The lowest BCUT2D eigenvalue weighted by Crippen LogP contribution is -2.59. The van der Waals surface area contributed by atoms with Crippen molar-refractivity contribution in [3.8, 4) is 17.0 Å². The first-order chi connectivity index (χ1) is 14.8. The number of amides is 5. The number of phenolic OH excluding ortho intramolecular Hbond substituents is 1. The Morgan fingerprint density at radius 3 is 2.22 bits per heavy atom. The fourth-order valence-electron chi connectivity index (χ4n) is 2.93. The predicted octanol–water partition coefficient (Wildman–Crippen LogP) is 2.73. The van der Waals surface area contributed by atoms with E-state index in [1.165, 1.54) is 12.1 Å². The molecule has 2 aromatic rings. The van der Waals surface area contributed by atoms with E-state index in [9.17, 15) is 37.5 Å². The summed E-state index contributed by atoms with van der Waals surface area (Å²) in [5.74, 6) is -5.52. The molecule has 9 nitrogen and oxygen atoms in total. The second-order valence-corrected chi connectivity index (χ2v) is 7.19. The van der Waals surface area contributed by atoms with Gasteiger partial charge < -0.3 is 10.4 Å². The number of halogens is 4. The summed E-state index contributed by atoms with van der Waals surface area (Å²) in [7, 11) is 2.22. The number of urea groups is 1. The van der Waals surface area contributed by atoms with Crippen molar-refractivity contribution in [2.45, 2.75) is 6.18 Å². The number of phenols is 1. The lowest BCUT2D eigenvalue weighted by atomic mass is 10.0. The summed E-state index contributed by atoms with van der Waals surface area (Å²) < 4.78 is 38.3. The van der Waals surface area contributed by atoms with Gasteiger partial charge in [-0.25, -0.2) is 4.79 Å². The maximum Gasteiger partial charge on any atom is 0.417 e. The van der Waals surface area contributed by atoms with E-state index in [4.69, 9.17) is 11.6 Å². The summed E-state index contributed by atoms with van der Waals surface area (Å²) in [5.41, 5.74) is -1.14. The van der Waals surface area contributed by atoms with Crippen LogP contribution in [0.1, 0.15) is 5.56 Å². The van der Waals surface area contributed by atoms with Crippen LogP contribution in [0, 0.1) is 5.92 Å². The van der Waals surface area contributed by atoms with E-state index >= 15 is 0 Å². The topological polar surface area (TPSA) is 120 Å². The molecule has 13 heteroatoms. The summed E-state index contributed by atoms with van der Waals surface area (Å²) in [6.45, 7) is 0. The second kappa shape index (κ2) is 8.11. The van der Waals surface area contributed by atoms with Crippen molar-refractivity contribution in [2.24, 2.45) is 5.92 Å². The molecule has 5 amide bonds. The molecule has 1 aliphatic heterocycles. The van der Waals surface area contributed by atoms with Crippen LogP contribution in [0.2, 0.25) is 5.02 Å². The van der Waals surface area contributed by atoms with Crippen molar-refractivity contribution in [2.75, 3.05) is 19.4 Å². The molecule has 1 aliphatic rings. The molecule has 1 fully saturated rings. The number of carbonyl (C=O) groups is 4. The molecule has 0 unspecified atom stereocenters. The third-order valence-corrected chi connectivity index (χ3v) is 4.98. The van der Waals surface area contributed by atoms with Gasteiger partial charge in [0, 0.05) is 25.9 Å². The van der Waals surface area contributed by atoms with Gasteiger partial charge in [0.05, 0.1) is 22.0 Å². The minimum absolute atomic E-state index is 0.0489. The normalized spacial score (nSPS) is 15.4. The Labute approximate surface area is 183 Å². The van der Waals surface area contributed by atoms with Crippen molar-refractivity contribution >= 4 is 41.0 Å². The highest BCUT2D eigenvalue weighted by Gasteiger charge is 2.46. The molecule has 0 radical (unpaired) electrons. The molecule has 32 heavy (non-hydrogen) atoms. The summed E-state index contributed by atoms with van der Waals surface area (Å²) in [6, 6.07) is 3.38. The van der Waals surface area contributed by atoms with Gasteiger partial charge in [-0.2, -0.15) is 13.2 Å². The largest absolute Gasteiger partial charge is 0.506 e. The second-order valence-electron chi connectivity index (χ2n) is 6.78. The Kier molecular flexibility index (Phi) is 5.83. The number of hydrogen-bond donors (Lipinski definition) is 2. The Morgan fingerprint density at radius 1 is 1.12 bits per heavy atom. The summed E-state index contributed by atoms with van der Waals surface area (Å²) in [5, 5.41) is 12.1. The first kappa shape index (κ1) is 23.0. The quantitative estimate of drug-likeness (QED) is 0.526. The number of anilines is 1. The van der Waals surface area contributed by atoms with Gasteiger partial charge in [-0.1, -0.05) is 17.7 Å². The highest BCUT2D eigenvalue weighted by Crippen LogP contribution is 2.36. The Hall–Kier alpha value is -3.67. The monoisotopic (exact) mass is 470 g/mol. The number of benzene rings is 1. The van der Waals surface area contributed by atoms with Crippen molar-refractivity contribution in [3.05, 3.63) is 41.0 Å². The number of nitrogens with zero attached hydrogens (tertiary/aromatic N) is 3. The fourth-order valence-corrected chi connectivity index (χ4v) is 3.20. The van der Waals surface area contributed by atoms with Gasteiger partial charge in [-0.15, -0.1) is 0 Å². The number of alkyl halides is 3. The maximum absolute atomic E-state index is 12.8. The number of aromatic hydroxyl groups is 1. The van der Waals surface area contributed by atoms with Crippen LogP contribution in [0.15, 0.2) is 30.5 Å². The molecule has 0 spiro atoms. The number of rotatable bonds is 3. The molecule has 0 aliphatic carbocycles. The van der Waals surface area contributed by atoms with Crippen molar-refractivity contribution in [3.63, 3.8) is 0 Å². The van der Waals surface area contributed by atoms with Crippen LogP contribution in [0.5, 0.6) is 5.75 Å². The summed E-state index contributed by atoms with van der Waals surface area (Å²) in [4.78, 5) is 53.6. The first-order valence-corrected chi connectivity index (χ1v) is 9.16. The van der Waals surface area contributed by atoms with Crippen LogP contribution in [-0.2, 0) is 20.6 Å². The number of aromatic nitrogens is 1. The molecular formula is C19H14ClF3N4O5. The molecule has 1 aromatic carbocycles. The number of hydrogen-bond acceptors (Lipinski definition) is 6. The molecule has 2 N–H and O–H groups in total. The average Bonchev–Trinajstić information content (AvgIpc) is 2.71. The number of nitrogens with one attached hydrogen (secondary N) is 1. The first-order valence-electron chi connectivity index (χ1n) is 8.79. The van der Waals surface area contributed by atoms with Gasteiger partial charge >= 0.3 is 12.2 Å². The minimum atomic E-state index is -4.63. The lowest BCUT2D eigenvalue weighted by Gasteiger charge is -2.32. The van der Waals surface area contributed by atoms with Gasteiger partial charge in [0.25, 0.3) is 11.8 Å². The molecular weight excluding hydrogens is 457 g/mol. The zero-order valence-corrected chi connectivity index (χ0v) is 17.2. The van der Waals surface area contributed by atoms with Crippen molar-refractivity contribution < 1.29 is 37.5 Å². The molecule has 0 atom stereocenters. The van der Waals surface area contributed by atoms with Crippen LogP contribution in [0.4, 0.5) is 23.7 Å². The molecule has 3 rings (SSSR count). The SMILES string of the molecule is CN1C(=O)C(C(=O)Nc2ccc(-c3ncc(C(F)(F)F)cc3Cl)cc2O)C(=O)N(C)C1=O. The van der Waals surface area contributed by atoms with Crippen molar-refractivity contribution in [1.29, 1.82) is 0 Å². The summed E-state index contributed by atoms with van der Waals surface area (Å²) >= 11 is 5.89. The van der Waals surface area contributed by atoms with Crippen molar-refractivity contribution in [1.82, 2.24) is 14.8 Å². The van der Waals surface area contributed by atoms with Crippen LogP contribution < -0.4 is 5.32 Å². The third kappa shape index (κ3) is 4.08. The van der Waals surface area contributed by atoms with Gasteiger partial charge in [-0.3, -0.25) is 29.2 Å². The van der Waals surface area contributed by atoms with E-state index in [0.29, 0.717) is 22.1 Å². The number of pyridine rings is 1. The Bertz CT molecular complexity index is 1130. The highest BCUT2D eigenvalue weighted by atomic mass is 35.5. The van der Waals surface area contributed by atoms with E-state index in [2.05, 4.69) is 10.3 Å². The van der Waals surface area contributed by atoms with Crippen LogP contribution in [-0.4, -0.2) is 57.7 Å². The van der Waals surface area contributed by atoms with E-state index in [1.807, 2.05) is 0 Å². The minimum Gasteiger partial charge on any atom is -0.506 e. The zero-order valence-electron chi connectivity index (χ0n) is 16.4. The van der Waals surface area contributed by atoms with Gasteiger partial charge in [-0.05, 0) is 18.2 Å². The highest BCUT2D eigenvalue weighted by molar-refractivity contribution is 6.33. The predicted molar refractivity (Wildman–Crippen MR) is 104 cm³/mol. The molecule has 0 bridgehead atoms. The fraction of sp³-hybridized carbons (Fsp3) is 0.211. The Balaban J connectivity index is 1.85. The van der Waals surface area contributed by atoms with Crippen LogP contribution >= 0.6 is 11.6 Å².